The predicted octanol–water partition coefficient (Wildman–Crippen LogP) is 0.265. The monoisotopic (exact) mass is 209 g/mol. The van der Waals surface area contributed by atoms with Crippen LogP contribution in [-0.4, -0.2) is 42.0 Å². The van der Waals surface area contributed by atoms with E-state index in [4.69, 9.17) is 0 Å². The number of carbonyl (C=O) groups is 1. The lowest BCUT2D eigenvalue weighted by atomic mass is 10.1. The van der Waals surface area contributed by atoms with Gasteiger partial charge in [0.05, 0.1) is 17.8 Å². The van der Waals surface area contributed by atoms with Crippen molar-refractivity contribution in [2.24, 2.45) is 0 Å². The molecule has 1 saturated heterocycles. The van der Waals surface area contributed by atoms with Crippen LogP contribution >= 0.6 is 0 Å². The highest BCUT2D eigenvalue weighted by Crippen LogP contribution is 2.09. The van der Waals surface area contributed by atoms with Gasteiger partial charge in [-0.25, -0.2) is 4.39 Å². The summed E-state index contributed by atoms with van der Waals surface area (Å²) in [6.45, 7) is 1.59. The van der Waals surface area contributed by atoms with Gasteiger partial charge in [0.15, 0.2) is 0 Å². The van der Waals surface area contributed by atoms with E-state index in [9.17, 15) is 9.18 Å². The quantitative estimate of drug-likeness (QED) is 0.760. The summed E-state index contributed by atoms with van der Waals surface area (Å²) in [5.41, 5.74) is 0.296. The number of aromatic nitrogens is 1. The fraction of sp³-hybridized carbons (Fsp3) is 0.400. The van der Waals surface area contributed by atoms with Crippen LogP contribution in [0.25, 0.3) is 0 Å². The van der Waals surface area contributed by atoms with Crippen molar-refractivity contribution in [2.45, 2.75) is 6.04 Å². The Hall–Kier alpha value is -1.49. The molecule has 1 aliphatic rings. The van der Waals surface area contributed by atoms with E-state index in [1.54, 1.807) is 11.9 Å². The Labute approximate surface area is 87.1 Å². The third-order valence-electron chi connectivity index (χ3n) is 2.58. The molecule has 1 aliphatic heterocycles. The van der Waals surface area contributed by atoms with Crippen molar-refractivity contribution < 1.29 is 9.18 Å². The lowest BCUT2D eigenvalue weighted by Crippen LogP contribution is -2.57. The zero-order chi connectivity index (χ0) is 10.8. The molecule has 1 amide bonds. The second-order valence-electron chi connectivity index (χ2n) is 3.62. The van der Waals surface area contributed by atoms with Crippen LogP contribution in [0.3, 0.4) is 0 Å². The van der Waals surface area contributed by atoms with E-state index in [1.807, 2.05) is 0 Å². The zero-order valence-electron chi connectivity index (χ0n) is 8.40. The van der Waals surface area contributed by atoms with Crippen molar-refractivity contribution >= 4 is 5.91 Å². The Bertz CT molecular complexity index is 379. The van der Waals surface area contributed by atoms with Crippen LogP contribution in [0.1, 0.15) is 10.4 Å². The summed E-state index contributed by atoms with van der Waals surface area (Å²) in [6.07, 6.45) is 2.47. The van der Waals surface area contributed by atoms with Crippen molar-refractivity contribution in [3.63, 3.8) is 0 Å². The summed E-state index contributed by atoms with van der Waals surface area (Å²) in [7, 11) is 1.72. The third kappa shape index (κ3) is 1.97. The van der Waals surface area contributed by atoms with Crippen molar-refractivity contribution in [1.82, 2.24) is 15.2 Å². The highest BCUT2D eigenvalue weighted by Gasteiger charge is 2.26. The van der Waals surface area contributed by atoms with Gasteiger partial charge < -0.3 is 10.2 Å². The largest absolute Gasteiger partial charge is 0.336 e. The van der Waals surface area contributed by atoms with Crippen LogP contribution in [0, 0.1) is 5.82 Å². The normalized spacial score (nSPS) is 15.9. The summed E-state index contributed by atoms with van der Waals surface area (Å²) < 4.78 is 12.8. The number of carbonyl (C=O) groups excluding carboxylic acids is 1. The van der Waals surface area contributed by atoms with Crippen molar-refractivity contribution in [3.05, 3.63) is 29.8 Å². The molecule has 0 atom stereocenters. The van der Waals surface area contributed by atoms with Gasteiger partial charge in [0.25, 0.3) is 5.91 Å². The summed E-state index contributed by atoms with van der Waals surface area (Å²) in [5.74, 6) is -0.672. The molecule has 1 N–H and O–H groups in total. The van der Waals surface area contributed by atoms with Gasteiger partial charge in [-0.1, -0.05) is 0 Å². The molecular formula is C10H12FN3O. The number of amides is 1. The third-order valence-corrected chi connectivity index (χ3v) is 2.58. The summed E-state index contributed by atoms with van der Waals surface area (Å²) >= 11 is 0. The summed E-state index contributed by atoms with van der Waals surface area (Å²) in [5, 5.41) is 3.08. The maximum Gasteiger partial charge on any atom is 0.255 e. The van der Waals surface area contributed by atoms with E-state index < -0.39 is 5.82 Å². The van der Waals surface area contributed by atoms with Crippen LogP contribution in [0.2, 0.25) is 0 Å². The Morgan fingerprint density at radius 3 is 2.87 bits per heavy atom. The van der Waals surface area contributed by atoms with Crippen LogP contribution in [0.15, 0.2) is 18.5 Å². The van der Waals surface area contributed by atoms with Gasteiger partial charge in [-0.2, -0.15) is 0 Å². The molecule has 0 bridgehead atoms. The summed E-state index contributed by atoms with van der Waals surface area (Å²) in [6, 6.07) is 1.42. The molecule has 0 saturated carbocycles. The maximum absolute atomic E-state index is 12.8. The van der Waals surface area contributed by atoms with Gasteiger partial charge in [0, 0.05) is 26.3 Å². The number of nitrogens with one attached hydrogen (secondary N) is 1. The van der Waals surface area contributed by atoms with E-state index >= 15 is 0 Å². The molecule has 4 nitrogen and oxygen atoms in total. The molecule has 2 rings (SSSR count). The number of rotatable bonds is 2. The standard InChI is InChI=1S/C10H12FN3O/c1-14(9-5-13-6-9)10(15)7-2-8(11)4-12-3-7/h2-4,9,13H,5-6H2,1H3. The summed E-state index contributed by atoms with van der Waals surface area (Å²) in [4.78, 5) is 17.1. The fourth-order valence-corrected chi connectivity index (χ4v) is 1.45. The molecule has 1 aromatic rings. The molecule has 0 unspecified atom stereocenters. The number of nitrogens with zero attached hydrogens (tertiary/aromatic N) is 2. The molecule has 80 valence electrons. The Kier molecular flexibility index (Phi) is 2.64. The van der Waals surface area contributed by atoms with Crippen LogP contribution in [-0.2, 0) is 0 Å². The van der Waals surface area contributed by atoms with Crippen LogP contribution in [0.4, 0.5) is 4.39 Å². The number of halogens is 1. The molecule has 5 heteroatoms. The van der Waals surface area contributed by atoms with Gasteiger partial charge in [-0.05, 0) is 6.07 Å². The number of hydrogen-bond acceptors (Lipinski definition) is 3. The Balaban J connectivity index is 2.12. The van der Waals surface area contributed by atoms with E-state index in [-0.39, 0.29) is 11.9 Å². The molecule has 0 aromatic carbocycles. The second-order valence-corrected chi connectivity index (χ2v) is 3.62. The van der Waals surface area contributed by atoms with E-state index in [0.29, 0.717) is 5.56 Å². The molecule has 0 radical (unpaired) electrons. The van der Waals surface area contributed by atoms with Crippen molar-refractivity contribution in [1.29, 1.82) is 0 Å². The smallest absolute Gasteiger partial charge is 0.255 e. The average molecular weight is 209 g/mol. The SMILES string of the molecule is CN(C(=O)c1cncc(F)c1)C1CNC1. The predicted molar refractivity (Wildman–Crippen MR) is 52.9 cm³/mol. The van der Waals surface area contributed by atoms with Crippen molar-refractivity contribution in [3.8, 4) is 0 Å². The molecule has 1 fully saturated rings. The first-order chi connectivity index (χ1) is 7.18. The molecule has 1 aromatic heterocycles. The lowest BCUT2D eigenvalue weighted by molar-refractivity contribution is 0.0680. The molecule has 0 aliphatic carbocycles. The minimum Gasteiger partial charge on any atom is -0.336 e. The van der Waals surface area contributed by atoms with Crippen LogP contribution in [0.5, 0.6) is 0 Å². The number of likely N-dealkylation sites (N-methyl/N-ethyl adjacent to an activating group) is 1. The lowest BCUT2D eigenvalue weighted by Gasteiger charge is -2.35. The number of hydrogen-bond donors (Lipinski definition) is 1. The van der Waals surface area contributed by atoms with Gasteiger partial charge in [-0.15, -0.1) is 0 Å². The van der Waals surface area contributed by atoms with Gasteiger partial charge in [0.2, 0.25) is 0 Å². The average Bonchev–Trinajstić information content (AvgIpc) is 2.14. The van der Waals surface area contributed by atoms with Gasteiger partial charge >= 0.3 is 0 Å². The first kappa shape index (κ1) is 10.0. The van der Waals surface area contributed by atoms with Gasteiger partial charge in [-0.3, -0.25) is 9.78 Å². The van der Waals surface area contributed by atoms with Crippen molar-refractivity contribution in [2.75, 3.05) is 20.1 Å². The number of pyridine rings is 1. The molecule has 0 spiro atoms. The van der Waals surface area contributed by atoms with E-state index in [0.717, 1.165) is 19.3 Å². The Morgan fingerprint density at radius 1 is 1.60 bits per heavy atom. The highest BCUT2D eigenvalue weighted by atomic mass is 19.1. The zero-order valence-corrected chi connectivity index (χ0v) is 8.40. The van der Waals surface area contributed by atoms with Crippen LogP contribution < -0.4 is 5.32 Å². The van der Waals surface area contributed by atoms with E-state index in [1.165, 1.54) is 12.3 Å². The minimum absolute atomic E-state index is 0.187. The first-order valence-electron chi connectivity index (χ1n) is 4.77. The second kappa shape index (κ2) is 3.94. The molecule has 2 heterocycles. The molecule has 15 heavy (non-hydrogen) atoms. The highest BCUT2D eigenvalue weighted by molar-refractivity contribution is 5.94. The van der Waals surface area contributed by atoms with Gasteiger partial charge in [0.1, 0.15) is 5.82 Å². The minimum atomic E-state index is -0.485. The molecular weight excluding hydrogens is 197 g/mol. The fourth-order valence-electron chi connectivity index (χ4n) is 1.45. The topological polar surface area (TPSA) is 45.2 Å². The maximum atomic E-state index is 12.8. The van der Waals surface area contributed by atoms with E-state index in [2.05, 4.69) is 10.3 Å². The Morgan fingerprint density at radius 2 is 2.33 bits per heavy atom. The first-order valence-corrected chi connectivity index (χ1v) is 4.77.